The molecule has 4 rings (SSSR count). The Morgan fingerprint density at radius 2 is 1.22 bits per heavy atom. The van der Waals surface area contributed by atoms with E-state index in [9.17, 15) is 9.59 Å². The van der Waals surface area contributed by atoms with Gasteiger partial charge in [-0.2, -0.15) is 10.2 Å². The molecule has 0 unspecified atom stereocenters. The molecule has 4 aromatic rings. The van der Waals surface area contributed by atoms with Crippen LogP contribution in [-0.4, -0.2) is 69.9 Å². The fourth-order valence-electron chi connectivity index (χ4n) is 3.29. The van der Waals surface area contributed by atoms with Crippen LogP contribution in [0.25, 0.3) is 11.4 Å². The number of carbonyl (C=O) groups is 2. The van der Waals surface area contributed by atoms with E-state index in [1.54, 1.807) is 60.5 Å². The van der Waals surface area contributed by atoms with E-state index in [1.807, 2.05) is 48.5 Å². The first kappa shape index (κ1) is 30.7. The van der Waals surface area contributed by atoms with Gasteiger partial charge >= 0.3 is 12.2 Å². The zero-order chi connectivity index (χ0) is 30.4. The molecular formula is C27H36N10O4. The van der Waals surface area contributed by atoms with E-state index in [1.165, 1.54) is 17.6 Å². The maximum absolute atomic E-state index is 12.1. The van der Waals surface area contributed by atoms with Gasteiger partial charge in [0.2, 0.25) is 0 Å². The molecule has 4 heterocycles. The lowest BCUT2D eigenvalue weighted by Crippen LogP contribution is -2.34. The lowest BCUT2D eigenvalue weighted by Gasteiger charge is -2.24. The summed E-state index contributed by atoms with van der Waals surface area (Å²) in [5, 5.41) is 11.3. The fraction of sp³-hybridized carbons (Fsp3) is 0.407. The van der Waals surface area contributed by atoms with Crippen LogP contribution in [0.2, 0.25) is 0 Å². The standard InChI is InChI=1S/C14H19N5O2.C13H17N5O2/c1-10-12(18(5)13(20)21-14(2,3)4)8-19(17-10)11-6-15-9-16-7-11;1-9-11(16-12(19)20-13(2,3)4)7-18(17-9)10-5-14-8-15-6-10/h6-9H,1-5H3;5-8H,1-4H3,(H,16,19). The summed E-state index contributed by atoms with van der Waals surface area (Å²) in [6, 6.07) is 0. The lowest BCUT2D eigenvalue weighted by molar-refractivity contribution is 0.0586. The van der Waals surface area contributed by atoms with E-state index < -0.39 is 23.4 Å². The van der Waals surface area contributed by atoms with Crippen molar-refractivity contribution in [2.75, 3.05) is 17.3 Å². The normalized spacial score (nSPS) is 11.2. The molecular weight excluding hydrogens is 528 g/mol. The third-order valence-electron chi connectivity index (χ3n) is 5.06. The quantitative estimate of drug-likeness (QED) is 0.370. The van der Waals surface area contributed by atoms with Gasteiger partial charge in [-0.25, -0.2) is 38.9 Å². The van der Waals surface area contributed by atoms with E-state index in [0.29, 0.717) is 28.5 Å². The molecule has 0 spiro atoms. The maximum Gasteiger partial charge on any atom is 0.414 e. The Morgan fingerprint density at radius 3 is 1.71 bits per heavy atom. The van der Waals surface area contributed by atoms with Gasteiger partial charge in [0.1, 0.15) is 35.2 Å². The van der Waals surface area contributed by atoms with Crippen molar-refractivity contribution >= 4 is 23.6 Å². The third kappa shape index (κ3) is 9.08. The Labute approximate surface area is 238 Å². The Hall–Kier alpha value is -4.88. The zero-order valence-electron chi connectivity index (χ0n) is 24.8. The summed E-state index contributed by atoms with van der Waals surface area (Å²) < 4.78 is 13.8. The van der Waals surface area contributed by atoms with Crippen LogP contribution in [0.4, 0.5) is 21.0 Å². The van der Waals surface area contributed by atoms with E-state index in [-0.39, 0.29) is 0 Å². The highest BCUT2D eigenvalue weighted by Crippen LogP contribution is 2.22. The number of aromatic nitrogens is 8. The second-order valence-corrected chi connectivity index (χ2v) is 11.0. The monoisotopic (exact) mass is 564 g/mol. The van der Waals surface area contributed by atoms with E-state index in [2.05, 4.69) is 35.5 Å². The molecule has 14 heteroatoms. The van der Waals surface area contributed by atoms with Gasteiger partial charge in [0, 0.05) is 7.05 Å². The minimum absolute atomic E-state index is 0.422. The number of aryl methyl sites for hydroxylation is 2. The molecule has 218 valence electrons. The minimum atomic E-state index is -0.540. The average molecular weight is 565 g/mol. The van der Waals surface area contributed by atoms with Crippen molar-refractivity contribution in [1.29, 1.82) is 0 Å². The molecule has 0 aliphatic rings. The van der Waals surface area contributed by atoms with Crippen molar-refractivity contribution in [2.24, 2.45) is 0 Å². The van der Waals surface area contributed by atoms with Gasteiger partial charge in [-0.1, -0.05) is 0 Å². The first-order valence-electron chi connectivity index (χ1n) is 12.7. The van der Waals surface area contributed by atoms with Crippen LogP contribution in [0.1, 0.15) is 52.9 Å². The topological polar surface area (TPSA) is 155 Å². The second kappa shape index (κ2) is 12.5. The predicted octanol–water partition coefficient (Wildman–Crippen LogP) is 4.66. The van der Waals surface area contributed by atoms with Gasteiger partial charge in [-0.3, -0.25) is 10.2 Å². The largest absolute Gasteiger partial charge is 0.444 e. The summed E-state index contributed by atoms with van der Waals surface area (Å²) in [5.41, 5.74) is 3.02. The molecule has 0 saturated carbocycles. The Balaban J connectivity index is 0.000000226. The molecule has 1 N–H and O–H groups in total. The van der Waals surface area contributed by atoms with E-state index in [0.717, 1.165) is 5.69 Å². The number of nitrogens with one attached hydrogen (secondary N) is 1. The molecule has 0 saturated heterocycles. The molecule has 41 heavy (non-hydrogen) atoms. The Kier molecular flexibility index (Phi) is 9.37. The van der Waals surface area contributed by atoms with E-state index >= 15 is 0 Å². The van der Waals surface area contributed by atoms with Gasteiger partial charge in [0.25, 0.3) is 0 Å². The Bertz CT molecular complexity index is 1450. The summed E-state index contributed by atoms with van der Waals surface area (Å²) in [7, 11) is 1.66. The summed E-state index contributed by atoms with van der Waals surface area (Å²) in [6.07, 6.45) is 12.0. The van der Waals surface area contributed by atoms with Gasteiger partial charge in [-0.05, 0) is 55.4 Å². The molecule has 0 aliphatic heterocycles. The zero-order valence-corrected chi connectivity index (χ0v) is 24.8. The lowest BCUT2D eigenvalue weighted by atomic mass is 10.2. The first-order chi connectivity index (χ1) is 19.1. The van der Waals surface area contributed by atoms with Crippen molar-refractivity contribution in [3.63, 3.8) is 0 Å². The third-order valence-corrected chi connectivity index (χ3v) is 5.06. The summed E-state index contributed by atoms with van der Waals surface area (Å²) in [5.74, 6) is 0. The Morgan fingerprint density at radius 1 is 0.756 bits per heavy atom. The second-order valence-electron chi connectivity index (χ2n) is 11.0. The first-order valence-corrected chi connectivity index (χ1v) is 12.7. The number of nitrogens with zero attached hydrogens (tertiary/aromatic N) is 9. The van der Waals surface area contributed by atoms with Crippen LogP contribution in [0, 0.1) is 13.8 Å². The molecule has 4 aromatic heterocycles. The molecule has 0 bridgehead atoms. The van der Waals surface area contributed by atoms with Gasteiger partial charge < -0.3 is 9.47 Å². The van der Waals surface area contributed by atoms with Crippen LogP contribution in [-0.2, 0) is 9.47 Å². The smallest absolute Gasteiger partial charge is 0.414 e. The molecule has 0 fully saturated rings. The van der Waals surface area contributed by atoms with E-state index in [4.69, 9.17) is 9.47 Å². The van der Waals surface area contributed by atoms with Crippen LogP contribution >= 0.6 is 0 Å². The molecule has 0 aromatic carbocycles. The number of carbonyl (C=O) groups excluding carboxylic acids is 2. The van der Waals surface area contributed by atoms with Crippen LogP contribution in [0.15, 0.2) is 49.8 Å². The number of rotatable bonds is 4. The van der Waals surface area contributed by atoms with Crippen LogP contribution in [0.5, 0.6) is 0 Å². The number of amides is 2. The number of ether oxygens (including phenoxy) is 2. The van der Waals surface area contributed by atoms with Crippen LogP contribution in [0.3, 0.4) is 0 Å². The summed E-state index contributed by atoms with van der Waals surface area (Å²) in [4.78, 5) is 41.0. The highest BCUT2D eigenvalue weighted by Gasteiger charge is 2.23. The number of hydrogen-bond acceptors (Lipinski definition) is 10. The molecule has 0 radical (unpaired) electrons. The number of anilines is 2. The SMILES string of the molecule is Cc1nn(-c2cncnc2)cc1N(C)C(=O)OC(C)(C)C.Cc1nn(-c2cncnc2)cc1NC(=O)OC(C)(C)C. The molecule has 0 atom stereocenters. The molecule has 14 nitrogen and oxygen atoms in total. The highest BCUT2D eigenvalue weighted by atomic mass is 16.6. The molecule has 0 aliphatic carbocycles. The van der Waals surface area contributed by atoms with Crippen molar-refractivity contribution < 1.29 is 19.1 Å². The van der Waals surface area contributed by atoms with Crippen molar-refractivity contribution in [1.82, 2.24) is 39.5 Å². The van der Waals surface area contributed by atoms with Crippen molar-refractivity contribution in [2.45, 2.75) is 66.6 Å². The minimum Gasteiger partial charge on any atom is -0.444 e. The number of hydrogen-bond donors (Lipinski definition) is 1. The van der Waals surface area contributed by atoms with Crippen LogP contribution < -0.4 is 10.2 Å². The fourth-order valence-corrected chi connectivity index (χ4v) is 3.29. The van der Waals surface area contributed by atoms with Gasteiger partial charge in [-0.15, -0.1) is 0 Å². The summed E-state index contributed by atoms with van der Waals surface area (Å²) in [6.45, 7) is 14.5. The van der Waals surface area contributed by atoms with Crippen molar-refractivity contribution in [3.05, 3.63) is 61.2 Å². The average Bonchev–Trinajstić information content (AvgIpc) is 3.45. The molecule has 2 amide bonds. The highest BCUT2D eigenvalue weighted by molar-refractivity contribution is 5.88. The predicted molar refractivity (Wildman–Crippen MR) is 152 cm³/mol. The van der Waals surface area contributed by atoms with Crippen molar-refractivity contribution in [3.8, 4) is 11.4 Å². The van der Waals surface area contributed by atoms with Gasteiger partial charge in [0.05, 0.1) is 59.9 Å². The summed E-state index contributed by atoms with van der Waals surface area (Å²) >= 11 is 0. The maximum atomic E-state index is 12.1. The van der Waals surface area contributed by atoms with Gasteiger partial charge in [0.15, 0.2) is 0 Å².